The van der Waals surface area contributed by atoms with Crippen LogP contribution in [0.1, 0.15) is 194 Å². The number of rotatable bonds is 40. The van der Waals surface area contributed by atoms with Gasteiger partial charge in [-0.2, -0.15) is 0 Å². The van der Waals surface area contributed by atoms with Crippen molar-refractivity contribution in [3.63, 3.8) is 0 Å². The largest absolute Gasteiger partial charge is 0.472 e. The summed E-state index contributed by atoms with van der Waals surface area (Å²) in [6, 6.07) is 0. The van der Waals surface area contributed by atoms with Gasteiger partial charge in [-0.05, 0) is 70.6 Å². The van der Waals surface area contributed by atoms with Crippen molar-refractivity contribution >= 4 is 19.8 Å². The molecular weight excluding hydrogens is 827 g/mol. The van der Waals surface area contributed by atoms with Crippen LogP contribution in [-0.4, -0.2) is 98.3 Å². The molecule has 13 nitrogen and oxygen atoms in total. The van der Waals surface area contributed by atoms with Gasteiger partial charge in [0.05, 0.1) is 6.61 Å². The molecule has 14 heteroatoms. The van der Waals surface area contributed by atoms with E-state index < -0.39 is 75.7 Å². The van der Waals surface area contributed by atoms with Crippen molar-refractivity contribution in [1.82, 2.24) is 0 Å². The van der Waals surface area contributed by atoms with Crippen molar-refractivity contribution in [3.8, 4) is 0 Å². The molecule has 0 aromatic rings. The molecule has 0 spiro atoms. The molecule has 0 aliphatic heterocycles. The van der Waals surface area contributed by atoms with Crippen molar-refractivity contribution in [2.75, 3.05) is 13.2 Å². The number of phosphoric ester groups is 1. The molecule has 0 radical (unpaired) electrons. The molecule has 1 rings (SSSR count). The van der Waals surface area contributed by atoms with E-state index in [-0.39, 0.29) is 12.8 Å². The van der Waals surface area contributed by atoms with Crippen molar-refractivity contribution in [2.24, 2.45) is 0 Å². The minimum Gasteiger partial charge on any atom is -0.462 e. The van der Waals surface area contributed by atoms with Gasteiger partial charge in [0.2, 0.25) is 0 Å². The molecule has 1 fully saturated rings. The van der Waals surface area contributed by atoms with Gasteiger partial charge in [0.25, 0.3) is 0 Å². The van der Waals surface area contributed by atoms with E-state index in [4.69, 9.17) is 18.5 Å². The lowest BCUT2D eigenvalue weighted by molar-refractivity contribution is -0.220. The fourth-order valence-corrected chi connectivity index (χ4v) is 8.16. The van der Waals surface area contributed by atoms with E-state index in [9.17, 15) is 44.6 Å². The molecule has 366 valence electrons. The lowest BCUT2D eigenvalue weighted by atomic mass is 9.85. The summed E-state index contributed by atoms with van der Waals surface area (Å²) in [7, 11) is -5.13. The Morgan fingerprint density at radius 3 is 1.41 bits per heavy atom. The summed E-state index contributed by atoms with van der Waals surface area (Å²) < 4.78 is 33.6. The van der Waals surface area contributed by atoms with Crippen LogP contribution < -0.4 is 0 Å². The van der Waals surface area contributed by atoms with E-state index in [2.05, 4.69) is 62.5 Å². The van der Waals surface area contributed by atoms with E-state index in [1.165, 1.54) is 77.0 Å². The maximum Gasteiger partial charge on any atom is 0.472 e. The molecule has 0 bridgehead atoms. The number of hydrogen-bond acceptors (Lipinski definition) is 12. The average Bonchev–Trinajstić information content (AvgIpc) is 3.26. The summed E-state index contributed by atoms with van der Waals surface area (Å²) in [6.07, 6.45) is 33.0. The lowest BCUT2D eigenvalue weighted by Crippen LogP contribution is -2.64. The highest BCUT2D eigenvalue weighted by atomic mass is 31.2. The number of hydrogen-bond donors (Lipinski definition) is 6. The highest BCUT2D eigenvalue weighted by Gasteiger charge is 2.51. The first-order valence-corrected chi connectivity index (χ1v) is 26.0. The van der Waals surface area contributed by atoms with Crippen LogP contribution in [0, 0.1) is 0 Å². The highest BCUT2D eigenvalue weighted by molar-refractivity contribution is 7.47. The number of phosphoric acid groups is 1. The number of unbranched alkanes of at least 4 members (excludes halogenated alkanes) is 21. The smallest absolute Gasteiger partial charge is 0.462 e. The zero-order chi connectivity index (χ0) is 46.4. The second-order valence-electron chi connectivity index (χ2n) is 17.0. The SMILES string of the molecule is CCCCC/C=C/C/C=C/CCCCCCCCCCCC(=O)OC[C@@H](COP(=O)(O)OC1C(O)C(O)C(O)[C@H](O)C1O)OC(=O)CCCCCCC/C=C/C=C/CCCCCC. The Morgan fingerprint density at radius 2 is 0.905 bits per heavy atom. The molecule has 1 aliphatic carbocycles. The van der Waals surface area contributed by atoms with Crippen LogP contribution in [0.15, 0.2) is 48.6 Å². The van der Waals surface area contributed by atoms with Crippen molar-refractivity contribution in [2.45, 2.75) is 236 Å². The van der Waals surface area contributed by atoms with Crippen LogP contribution in [0.3, 0.4) is 0 Å². The van der Waals surface area contributed by atoms with Crippen molar-refractivity contribution < 1.29 is 63.1 Å². The second kappa shape index (κ2) is 39.0. The summed E-state index contributed by atoms with van der Waals surface area (Å²) in [5.74, 6) is -1.12. The van der Waals surface area contributed by atoms with E-state index in [1.54, 1.807) is 0 Å². The first-order chi connectivity index (χ1) is 30.4. The molecular formula is C49H87O13P. The van der Waals surface area contributed by atoms with Gasteiger partial charge in [0.1, 0.15) is 43.2 Å². The van der Waals surface area contributed by atoms with E-state index in [1.807, 2.05) is 0 Å². The summed E-state index contributed by atoms with van der Waals surface area (Å²) in [5, 5.41) is 50.2. The molecule has 6 unspecified atom stereocenters. The second-order valence-corrected chi connectivity index (χ2v) is 18.4. The third-order valence-electron chi connectivity index (χ3n) is 11.2. The molecule has 63 heavy (non-hydrogen) atoms. The predicted octanol–water partition coefficient (Wildman–Crippen LogP) is 9.95. The van der Waals surface area contributed by atoms with Crippen LogP contribution in [0.2, 0.25) is 0 Å². The molecule has 1 saturated carbocycles. The Morgan fingerprint density at radius 1 is 0.508 bits per heavy atom. The van der Waals surface area contributed by atoms with E-state index >= 15 is 0 Å². The van der Waals surface area contributed by atoms with Gasteiger partial charge in [-0.1, -0.05) is 159 Å². The normalized spacial score (nSPS) is 22.1. The standard InChI is InChI=1S/C49H87O13P/c1-3-5-7-9-11-13-15-17-19-20-21-22-24-25-27-29-31-33-35-37-42(50)59-39-41(40-60-63(57,58)62-49-47(55)45(53)44(52)46(54)48(49)56)61-43(51)38-36-34-32-30-28-26-23-18-16-14-12-10-8-6-4-2/h11,13-14,16-19,23,41,44-49,52-56H,3-10,12,15,20-22,24-40H2,1-2H3,(H,57,58)/b13-11+,16-14+,19-17+,23-18+/t41-,44?,45-,46?,47?,48?,49?/m0/s1. The Bertz CT molecular complexity index is 1290. The van der Waals surface area contributed by atoms with Crippen LogP contribution in [0.5, 0.6) is 0 Å². The van der Waals surface area contributed by atoms with Gasteiger partial charge < -0.3 is 39.9 Å². The summed E-state index contributed by atoms with van der Waals surface area (Å²) in [6.45, 7) is 3.24. The summed E-state index contributed by atoms with van der Waals surface area (Å²) in [4.78, 5) is 35.8. The van der Waals surface area contributed by atoms with Gasteiger partial charge in [0.15, 0.2) is 6.10 Å². The highest BCUT2D eigenvalue weighted by Crippen LogP contribution is 2.47. The summed E-state index contributed by atoms with van der Waals surface area (Å²) >= 11 is 0. The Balaban J connectivity index is 2.43. The topological polar surface area (TPSA) is 210 Å². The molecule has 0 saturated heterocycles. The first-order valence-electron chi connectivity index (χ1n) is 24.5. The molecule has 0 aromatic heterocycles. The maximum atomic E-state index is 12.8. The predicted molar refractivity (Wildman–Crippen MR) is 249 cm³/mol. The number of aliphatic hydroxyl groups excluding tert-OH is 5. The number of carbonyl (C=O) groups is 2. The molecule has 1 aliphatic rings. The van der Waals surface area contributed by atoms with Gasteiger partial charge >= 0.3 is 19.8 Å². The minimum absolute atomic E-state index is 0.0773. The number of allylic oxidation sites excluding steroid dienone is 8. The molecule has 6 N–H and O–H groups in total. The number of carbonyl (C=O) groups excluding carboxylic acids is 2. The Hall–Kier alpha value is -2.19. The third kappa shape index (κ3) is 31.4. The Labute approximate surface area is 380 Å². The van der Waals surface area contributed by atoms with Gasteiger partial charge in [0, 0.05) is 12.8 Å². The molecule has 0 aromatic carbocycles. The maximum absolute atomic E-state index is 12.8. The molecule has 8 atom stereocenters. The lowest BCUT2D eigenvalue weighted by Gasteiger charge is -2.41. The minimum atomic E-state index is -5.13. The van der Waals surface area contributed by atoms with Crippen LogP contribution in [0.4, 0.5) is 0 Å². The molecule has 0 amide bonds. The van der Waals surface area contributed by atoms with Gasteiger partial charge in [-0.3, -0.25) is 18.6 Å². The van der Waals surface area contributed by atoms with Crippen LogP contribution in [-0.2, 0) is 32.7 Å². The fraction of sp³-hybridized carbons (Fsp3) is 0.796. The quantitative estimate of drug-likeness (QED) is 0.0111. The van der Waals surface area contributed by atoms with Crippen LogP contribution in [0.25, 0.3) is 0 Å². The zero-order valence-corrected chi connectivity index (χ0v) is 39.8. The van der Waals surface area contributed by atoms with Gasteiger partial charge in [-0.25, -0.2) is 4.57 Å². The number of ether oxygens (including phenoxy) is 2. The van der Waals surface area contributed by atoms with Crippen LogP contribution >= 0.6 is 7.82 Å². The zero-order valence-electron chi connectivity index (χ0n) is 38.9. The molecule has 0 heterocycles. The van der Waals surface area contributed by atoms with Crippen molar-refractivity contribution in [1.29, 1.82) is 0 Å². The average molecular weight is 915 g/mol. The third-order valence-corrected chi connectivity index (χ3v) is 12.2. The van der Waals surface area contributed by atoms with Gasteiger partial charge in [-0.15, -0.1) is 0 Å². The van der Waals surface area contributed by atoms with E-state index in [0.29, 0.717) is 12.8 Å². The van der Waals surface area contributed by atoms with E-state index in [0.717, 1.165) is 77.0 Å². The van der Waals surface area contributed by atoms with Crippen molar-refractivity contribution in [3.05, 3.63) is 48.6 Å². The monoisotopic (exact) mass is 915 g/mol. The Kier molecular flexibility index (Phi) is 36.4. The summed E-state index contributed by atoms with van der Waals surface area (Å²) in [5.41, 5.74) is 0. The fourth-order valence-electron chi connectivity index (χ4n) is 7.19. The number of esters is 2. The number of aliphatic hydroxyl groups is 5. The first kappa shape index (κ1) is 58.8.